The Bertz CT molecular complexity index is 954. The molecule has 0 heterocycles. The summed E-state index contributed by atoms with van der Waals surface area (Å²) in [6.07, 6.45) is 0. The number of hydrogen-bond acceptors (Lipinski definition) is 3. The first kappa shape index (κ1) is 20.1. The van der Waals surface area contributed by atoms with Crippen LogP contribution in [0.25, 0.3) is 0 Å². The molecule has 0 aliphatic rings. The average Bonchev–Trinajstić information content (AvgIpc) is 2.74. The highest BCUT2D eigenvalue weighted by molar-refractivity contribution is 5.97. The summed E-state index contributed by atoms with van der Waals surface area (Å²) in [7, 11) is 3.94. The average molecular weight is 387 g/mol. The van der Waals surface area contributed by atoms with Crippen LogP contribution in [0.4, 0.5) is 5.69 Å². The molecule has 0 aliphatic carbocycles. The van der Waals surface area contributed by atoms with Crippen LogP contribution in [0.1, 0.15) is 27.5 Å². The number of nitrogens with two attached hydrogens (primary N) is 1. The number of rotatable bonds is 7. The van der Waals surface area contributed by atoms with Crippen LogP contribution in [0.5, 0.6) is 0 Å². The minimum Gasteiger partial charge on any atom is -0.378 e. The Morgan fingerprint density at radius 3 is 1.90 bits per heavy atom. The van der Waals surface area contributed by atoms with E-state index in [0.717, 1.165) is 11.3 Å². The molecule has 0 bridgehead atoms. The van der Waals surface area contributed by atoms with Crippen molar-refractivity contribution in [2.24, 2.45) is 5.73 Å². The van der Waals surface area contributed by atoms with Crippen LogP contribution in [0, 0.1) is 0 Å². The fourth-order valence-electron chi connectivity index (χ4n) is 3.26. The summed E-state index contributed by atoms with van der Waals surface area (Å²) < 4.78 is 0. The van der Waals surface area contributed by atoms with E-state index in [0.29, 0.717) is 11.1 Å². The van der Waals surface area contributed by atoms with Crippen molar-refractivity contribution in [1.29, 1.82) is 0 Å². The van der Waals surface area contributed by atoms with Gasteiger partial charge >= 0.3 is 0 Å². The van der Waals surface area contributed by atoms with Gasteiger partial charge in [0, 0.05) is 31.9 Å². The number of amides is 2. The van der Waals surface area contributed by atoms with E-state index >= 15 is 0 Å². The van der Waals surface area contributed by atoms with Crippen LogP contribution in [-0.4, -0.2) is 30.8 Å². The lowest BCUT2D eigenvalue weighted by atomic mass is 10.0. The van der Waals surface area contributed by atoms with Gasteiger partial charge in [-0.1, -0.05) is 60.7 Å². The molecule has 0 unspecified atom stereocenters. The van der Waals surface area contributed by atoms with E-state index in [9.17, 15) is 9.59 Å². The Morgan fingerprint density at radius 2 is 1.38 bits per heavy atom. The highest BCUT2D eigenvalue weighted by Crippen LogP contribution is 2.26. The molecule has 0 saturated carbocycles. The molecule has 0 radical (unpaired) electrons. The number of carbonyl (C=O) groups excluding carboxylic acids is 2. The van der Waals surface area contributed by atoms with Crippen LogP contribution in [0.15, 0.2) is 84.9 Å². The Kier molecular flexibility index (Phi) is 6.29. The molecule has 0 saturated heterocycles. The number of hydrogen-bond donors (Lipinski definition) is 1. The first-order valence-electron chi connectivity index (χ1n) is 9.44. The normalized spacial score (nSPS) is 11.5. The van der Waals surface area contributed by atoms with Gasteiger partial charge in [-0.15, -0.1) is 0 Å². The molecule has 2 amide bonds. The minimum absolute atomic E-state index is 0.241. The molecule has 29 heavy (non-hydrogen) atoms. The topological polar surface area (TPSA) is 66.6 Å². The smallest absolute Gasteiger partial charge is 0.255 e. The number of nitrogens with zero attached hydrogens (tertiary/aromatic N) is 2. The van der Waals surface area contributed by atoms with Crippen molar-refractivity contribution in [2.45, 2.75) is 12.6 Å². The minimum atomic E-state index is -0.863. The summed E-state index contributed by atoms with van der Waals surface area (Å²) in [5.41, 5.74) is 8.94. The molecule has 0 spiro atoms. The second-order valence-electron chi connectivity index (χ2n) is 7.08. The summed E-state index contributed by atoms with van der Waals surface area (Å²) in [5.74, 6) is -0.805. The number of benzene rings is 3. The maximum atomic E-state index is 13.4. The lowest BCUT2D eigenvalue weighted by molar-refractivity contribution is -0.122. The molecule has 3 aromatic carbocycles. The van der Waals surface area contributed by atoms with Gasteiger partial charge in [0.25, 0.3) is 5.91 Å². The van der Waals surface area contributed by atoms with E-state index in [4.69, 9.17) is 5.73 Å². The zero-order valence-corrected chi connectivity index (χ0v) is 16.7. The summed E-state index contributed by atoms with van der Waals surface area (Å²) in [5, 5.41) is 0. The van der Waals surface area contributed by atoms with Gasteiger partial charge in [0.05, 0.1) is 0 Å². The highest BCUT2D eigenvalue weighted by atomic mass is 16.2. The fourth-order valence-corrected chi connectivity index (χ4v) is 3.26. The molecule has 0 fully saturated rings. The van der Waals surface area contributed by atoms with Gasteiger partial charge in [0.2, 0.25) is 5.91 Å². The van der Waals surface area contributed by atoms with Crippen molar-refractivity contribution >= 4 is 17.5 Å². The summed E-state index contributed by atoms with van der Waals surface area (Å²) in [6, 6.07) is 25.2. The fraction of sp³-hybridized carbons (Fsp3) is 0.167. The van der Waals surface area contributed by atoms with Gasteiger partial charge in [-0.25, -0.2) is 0 Å². The van der Waals surface area contributed by atoms with Gasteiger partial charge in [0.15, 0.2) is 0 Å². The van der Waals surface area contributed by atoms with Gasteiger partial charge in [-0.2, -0.15) is 0 Å². The molecule has 3 rings (SSSR count). The van der Waals surface area contributed by atoms with Crippen molar-refractivity contribution in [1.82, 2.24) is 4.90 Å². The number of primary amides is 1. The van der Waals surface area contributed by atoms with E-state index in [-0.39, 0.29) is 12.5 Å². The Hall–Kier alpha value is -3.60. The predicted molar refractivity (Wildman–Crippen MR) is 115 cm³/mol. The van der Waals surface area contributed by atoms with Crippen LogP contribution >= 0.6 is 0 Å². The third-order valence-corrected chi connectivity index (χ3v) is 4.78. The van der Waals surface area contributed by atoms with Crippen molar-refractivity contribution in [3.63, 3.8) is 0 Å². The van der Waals surface area contributed by atoms with Crippen molar-refractivity contribution in [2.75, 3.05) is 19.0 Å². The Balaban J connectivity index is 2.00. The third kappa shape index (κ3) is 4.82. The monoisotopic (exact) mass is 387 g/mol. The lowest BCUT2D eigenvalue weighted by Gasteiger charge is -2.30. The van der Waals surface area contributed by atoms with Crippen LogP contribution in [0.2, 0.25) is 0 Å². The molecule has 5 heteroatoms. The highest BCUT2D eigenvalue weighted by Gasteiger charge is 2.30. The maximum Gasteiger partial charge on any atom is 0.255 e. The van der Waals surface area contributed by atoms with E-state index in [2.05, 4.69) is 0 Å². The first-order chi connectivity index (χ1) is 14.0. The first-order valence-corrected chi connectivity index (χ1v) is 9.44. The molecular weight excluding hydrogens is 362 g/mol. The SMILES string of the molecule is CN(C)c1ccc(CN(C(=O)c2ccccc2)[C@@H](C(N)=O)c2ccccc2)cc1. The largest absolute Gasteiger partial charge is 0.378 e. The molecular formula is C24H25N3O2. The van der Waals surface area contributed by atoms with E-state index in [1.807, 2.05) is 79.7 Å². The van der Waals surface area contributed by atoms with Gasteiger partial charge in [0.1, 0.15) is 6.04 Å². The zero-order valence-electron chi connectivity index (χ0n) is 16.7. The number of anilines is 1. The third-order valence-electron chi connectivity index (χ3n) is 4.78. The molecule has 0 aromatic heterocycles. The molecule has 0 aliphatic heterocycles. The van der Waals surface area contributed by atoms with Crippen molar-refractivity contribution < 1.29 is 9.59 Å². The Morgan fingerprint density at radius 1 is 0.828 bits per heavy atom. The second kappa shape index (κ2) is 9.06. The second-order valence-corrected chi connectivity index (χ2v) is 7.08. The molecule has 5 nitrogen and oxygen atoms in total. The molecule has 148 valence electrons. The molecule has 2 N–H and O–H groups in total. The lowest BCUT2D eigenvalue weighted by Crippen LogP contribution is -2.41. The summed E-state index contributed by atoms with van der Waals surface area (Å²) in [4.78, 5) is 29.3. The van der Waals surface area contributed by atoms with E-state index in [1.165, 1.54) is 4.90 Å². The van der Waals surface area contributed by atoms with E-state index in [1.54, 1.807) is 24.3 Å². The van der Waals surface area contributed by atoms with Crippen molar-refractivity contribution in [3.05, 3.63) is 102 Å². The van der Waals surface area contributed by atoms with Crippen LogP contribution in [0.3, 0.4) is 0 Å². The van der Waals surface area contributed by atoms with Crippen LogP contribution < -0.4 is 10.6 Å². The van der Waals surface area contributed by atoms with E-state index < -0.39 is 11.9 Å². The summed E-state index contributed by atoms with van der Waals surface area (Å²) >= 11 is 0. The maximum absolute atomic E-state index is 13.4. The predicted octanol–water partition coefficient (Wildman–Crippen LogP) is 3.62. The number of carbonyl (C=O) groups is 2. The molecule has 3 aromatic rings. The summed E-state index contributed by atoms with van der Waals surface area (Å²) in [6.45, 7) is 0.268. The van der Waals surface area contributed by atoms with Gasteiger partial charge < -0.3 is 15.5 Å². The van der Waals surface area contributed by atoms with Crippen molar-refractivity contribution in [3.8, 4) is 0 Å². The van der Waals surface area contributed by atoms with Gasteiger partial charge in [-0.05, 0) is 35.4 Å². The molecule has 1 atom stereocenters. The standard InChI is InChI=1S/C24H25N3O2/c1-26(2)21-15-13-18(14-16-21)17-27(24(29)20-11-7-4-8-12-20)22(23(25)28)19-9-5-3-6-10-19/h3-16,22H,17H2,1-2H3,(H2,25,28)/t22-/m1/s1. The van der Waals surface area contributed by atoms with Gasteiger partial charge in [-0.3, -0.25) is 9.59 Å². The quantitative estimate of drug-likeness (QED) is 0.673. The van der Waals surface area contributed by atoms with Crippen LogP contribution in [-0.2, 0) is 11.3 Å². The Labute approximate surface area is 171 Å². The zero-order chi connectivity index (χ0) is 20.8.